The zero-order chi connectivity index (χ0) is 14.0. The van der Waals surface area contributed by atoms with E-state index in [0.29, 0.717) is 5.69 Å². The number of para-hydroxylation sites is 1. The first-order chi connectivity index (χ1) is 8.88. The quantitative estimate of drug-likeness (QED) is 0.931. The molecule has 19 heavy (non-hydrogen) atoms. The van der Waals surface area contributed by atoms with Gasteiger partial charge in [0, 0.05) is 6.42 Å². The van der Waals surface area contributed by atoms with Gasteiger partial charge in [-0.15, -0.1) is 5.10 Å². The van der Waals surface area contributed by atoms with E-state index in [1.54, 1.807) is 6.92 Å². The molecule has 2 aromatic rings. The maximum absolute atomic E-state index is 12.8. The lowest BCUT2D eigenvalue weighted by atomic mass is 10.1. The highest BCUT2D eigenvalue weighted by molar-refractivity contribution is 5.42. The number of aromatic nitrogens is 3. The lowest BCUT2D eigenvalue weighted by Crippen LogP contribution is -2.11. The summed E-state index contributed by atoms with van der Waals surface area (Å²) in [5.41, 5.74) is -0.421. The van der Waals surface area contributed by atoms with E-state index in [0.717, 1.165) is 10.7 Å². The average Bonchev–Trinajstić information content (AvgIpc) is 2.75. The summed E-state index contributed by atoms with van der Waals surface area (Å²) in [5, 5.41) is 16.6. The third-order valence-corrected chi connectivity index (χ3v) is 2.50. The van der Waals surface area contributed by atoms with E-state index < -0.39 is 17.8 Å². The molecule has 0 spiro atoms. The summed E-state index contributed by atoms with van der Waals surface area (Å²) in [6.45, 7) is 1.57. The van der Waals surface area contributed by atoms with Gasteiger partial charge in [-0.2, -0.15) is 13.2 Å². The molecular weight excluding hydrogens is 259 g/mol. The van der Waals surface area contributed by atoms with E-state index in [4.69, 9.17) is 0 Å². The van der Waals surface area contributed by atoms with Gasteiger partial charge in [0.05, 0.1) is 29.2 Å². The summed E-state index contributed by atoms with van der Waals surface area (Å²) in [6.07, 6.45) is -3.44. The van der Waals surface area contributed by atoms with Crippen molar-refractivity contribution in [3.63, 3.8) is 0 Å². The highest BCUT2D eigenvalue weighted by Crippen LogP contribution is 2.33. The molecule has 0 fully saturated rings. The molecule has 0 saturated heterocycles. The molecule has 1 heterocycles. The number of hydrogen-bond acceptors (Lipinski definition) is 3. The van der Waals surface area contributed by atoms with Crippen LogP contribution in [0.5, 0.6) is 0 Å². The highest BCUT2D eigenvalue weighted by Gasteiger charge is 2.33. The first-order valence-corrected chi connectivity index (χ1v) is 5.64. The van der Waals surface area contributed by atoms with Crippen molar-refractivity contribution in [3.8, 4) is 5.69 Å². The summed E-state index contributed by atoms with van der Waals surface area (Å²) in [4.78, 5) is 0. The largest absolute Gasteiger partial charge is 0.418 e. The molecule has 0 saturated carbocycles. The molecule has 0 bridgehead atoms. The zero-order valence-corrected chi connectivity index (χ0v) is 10.1. The first-order valence-electron chi connectivity index (χ1n) is 5.64. The number of halogens is 3. The second-order valence-electron chi connectivity index (χ2n) is 4.22. The Morgan fingerprint density at radius 3 is 2.63 bits per heavy atom. The van der Waals surface area contributed by atoms with Gasteiger partial charge in [0.2, 0.25) is 0 Å². The van der Waals surface area contributed by atoms with Crippen LogP contribution in [0.2, 0.25) is 0 Å². The molecule has 7 heteroatoms. The Morgan fingerprint density at radius 1 is 1.32 bits per heavy atom. The summed E-state index contributed by atoms with van der Waals surface area (Å²) >= 11 is 0. The number of alkyl halides is 3. The smallest absolute Gasteiger partial charge is 0.393 e. The summed E-state index contributed by atoms with van der Waals surface area (Å²) in [7, 11) is 0. The molecule has 1 aromatic heterocycles. The molecule has 0 radical (unpaired) electrons. The molecule has 1 aromatic carbocycles. The van der Waals surface area contributed by atoms with Crippen LogP contribution in [0.25, 0.3) is 5.69 Å². The average molecular weight is 271 g/mol. The normalized spacial score (nSPS) is 13.5. The lowest BCUT2D eigenvalue weighted by molar-refractivity contribution is -0.137. The van der Waals surface area contributed by atoms with Crippen LogP contribution < -0.4 is 0 Å². The summed E-state index contributed by atoms with van der Waals surface area (Å²) < 4.78 is 39.6. The van der Waals surface area contributed by atoms with Gasteiger partial charge in [-0.3, -0.25) is 0 Å². The van der Waals surface area contributed by atoms with E-state index in [1.807, 2.05) is 0 Å². The topological polar surface area (TPSA) is 50.9 Å². The van der Waals surface area contributed by atoms with Crippen molar-refractivity contribution >= 4 is 0 Å². The van der Waals surface area contributed by atoms with Gasteiger partial charge in [0.15, 0.2) is 0 Å². The Labute approximate surface area is 107 Å². The van der Waals surface area contributed by atoms with Gasteiger partial charge in [-0.05, 0) is 19.1 Å². The van der Waals surface area contributed by atoms with Gasteiger partial charge in [-0.1, -0.05) is 17.3 Å². The number of nitrogens with zero attached hydrogens (tertiary/aromatic N) is 3. The van der Waals surface area contributed by atoms with Crippen molar-refractivity contribution < 1.29 is 18.3 Å². The summed E-state index contributed by atoms with van der Waals surface area (Å²) in [6, 6.07) is 5.13. The van der Waals surface area contributed by atoms with Gasteiger partial charge in [0.1, 0.15) is 0 Å². The minimum atomic E-state index is -4.45. The highest BCUT2D eigenvalue weighted by atomic mass is 19.4. The monoisotopic (exact) mass is 271 g/mol. The van der Waals surface area contributed by atoms with Crippen LogP contribution in [0.4, 0.5) is 13.2 Å². The standard InChI is InChI=1S/C12H12F3N3O/c1-8(19)6-9-7-18(17-16-9)11-5-3-2-4-10(11)12(13,14)15/h2-5,7-8,19H,6H2,1H3. The minimum absolute atomic E-state index is 0.0839. The van der Waals surface area contributed by atoms with Gasteiger partial charge >= 0.3 is 6.18 Å². The van der Waals surface area contributed by atoms with Crippen molar-refractivity contribution in [3.05, 3.63) is 41.7 Å². The SMILES string of the molecule is CC(O)Cc1cn(-c2ccccc2C(F)(F)F)nn1. The summed E-state index contributed by atoms with van der Waals surface area (Å²) in [5.74, 6) is 0. The van der Waals surface area contributed by atoms with Crippen molar-refractivity contribution in [2.45, 2.75) is 25.6 Å². The van der Waals surface area contributed by atoms with Gasteiger partial charge < -0.3 is 5.11 Å². The Bertz CT molecular complexity index is 563. The number of hydrogen-bond donors (Lipinski definition) is 1. The van der Waals surface area contributed by atoms with Crippen LogP contribution in [0.3, 0.4) is 0 Å². The number of benzene rings is 1. The predicted molar refractivity (Wildman–Crippen MR) is 61.7 cm³/mol. The minimum Gasteiger partial charge on any atom is -0.393 e. The molecule has 1 unspecified atom stereocenters. The van der Waals surface area contributed by atoms with Crippen molar-refractivity contribution in [2.75, 3.05) is 0 Å². The molecular formula is C12H12F3N3O. The second kappa shape index (κ2) is 5.00. The molecule has 4 nitrogen and oxygen atoms in total. The first kappa shape index (κ1) is 13.5. The molecule has 0 amide bonds. The number of aliphatic hydroxyl groups excluding tert-OH is 1. The van der Waals surface area contributed by atoms with Crippen molar-refractivity contribution in [1.82, 2.24) is 15.0 Å². The van der Waals surface area contributed by atoms with Crippen molar-refractivity contribution in [2.24, 2.45) is 0 Å². The van der Waals surface area contributed by atoms with Gasteiger partial charge in [0.25, 0.3) is 0 Å². The van der Waals surface area contributed by atoms with Crippen LogP contribution >= 0.6 is 0 Å². The second-order valence-corrected chi connectivity index (χ2v) is 4.22. The number of aliphatic hydroxyl groups is 1. The van der Waals surface area contributed by atoms with Crippen LogP contribution in [-0.4, -0.2) is 26.2 Å². The Balaban J connectivity index is 2.39. The molecule has 0 aliphatic heterocycles. The van der Waals surface area contributed by atoms with Crippen LogP contribution in [-0.2, 0) is 12.6 Å². The Kier molecular flexibility index (Phi) is 3.57. The Hall–Kier alpha value is -1.89. The van der Waals surface area contributed by atoms with Crippen molar-refractivity contribution in [1.29, 1.82) is 0 Å². The van der Waals surface area contributed by atoms with E-state index in [-0.39, 0.29) is 12.1 Å². The van der Waals surface area contributed by atoms with E-state index in [1.165, 1.54) is 24.4 Å². The zero-order valence-electron chi connectivity index (χ0n) is 10.1. The van der Waals surface area contributed by atoms with Crippen LogP contribution in [0, 0.1) is 0 Å². The maximum atomic E-state index is 12.8. The molecule has 102 valence electrons. The fourth-order valence-electron chi connectivity index (χ4n) is 1.73. The van der Waals surface area contributed by atoms with Crippen LogP contribution in [0.1, 0.15) is 18.2 Å². The molecule has 2 rings (SSSR count). The fourth-order valence-corrected chi connectivity index (χ4v) is 1.73. The van der Waals surface area contributed by atoms with E-state index in [9.17, 15) is 18.3 Å². The maximum Gasteiger partial charge on any atom is 0.418 e. The number of rotatable bonds is 3. The van der Waals surface area contributed by atoms with E-state index >= 15 is 0 Å². The predicted octanol–water partition coefficient (Wildman–Crippen LogP) is 2.21. The molecule has 1 N–H and O–H groups in total. The Morgan fingerprint density at radius 2 is 2.00 bits per heavy atom. The molecule has 0 aliphatic carbocycles. The fraction of sp³-hybridized carbons (Fsp3) is 0.333. The van der Waals surface area contributed by atoms with E-state index in [2.05, 4.69) is 10.3 Å². The third-order valence-electron chi connectivity index (χ3n) is 2.50. The van der Waals surface area contributed by atoms with Crippen LogP contribution in [0.15, 0.2) is 30.5 Å². The lowest BCUT2D eigenvalue weighted by Gasteiger charge is -2.11. The molecule has 1 atom stereocenters. The third kappa shape index (κ3) is 3.11. The molecule has 0 aliphatic rings. The van der Waals surface area contributed by atoms with Gasteiger partial charge in [-0.25, -0.2) is 4.68 Å².